The summed E-state index contributed by atoms with van der Waals surface area (Å²) in [7, 11) is 1.87. The zero-order valence-corrected chi connectivity index (χ0v) is 14.5. The van der Waals surface area contributed by atoms with Crippen molar-refractivity contribution in [1.82, 2.24) is 0 Å². The van der Waals surface area contributed by atoms with Gasteiger partial charge in [-0.2, -0.15) is 0 Å². The van der Waals surface area contributed by atoms with Crippen molar-refractivity contribution in [3.05, 3.63) is 24.3 Å². The molecule has 0 saturated carbocycles. The Kier molecular flexibility index (Phi) is 13.1. The van der Waals surface area contributed by atoms with Crippen molar-refractivity contribution in [3.8, 4) is 5.75 Å². The molecule has 1 rings (SSSR count). The molecule has 7 nitrogen and oxygen atoms in total. The molecule has 0 heterocycles. The fraction of sp³-hybridized carbons (Fsp3) is 0.647. The van der Waals surface area contributed by atoms with Gasteiger partial charge in [0, 0.05) is 13.6 Å². The molecule has 0 unspecified atom stereocenters. The van der Waals surface area contributed by atoms with E-state index in [2.05, 4.69) is 5.32 Å². The fourth-order valence-corrected chi connectivity index (χ4v) is 1.85. The number of benzene rings is 1. The zero-order chi connectivity index (χ0) is 17.3. The van der Waals surface area contributed by atoms with Gasteiger partial charge in [0.15, 0.2) is 0 Å². The SMILES string of the molecule is CNc1ccccc1OCCOCCOCCOCCOCCN. The molecule has 0 amide bonds. The van der Waals surface area contributed by atoms with Gasteiger partial charge < -0.3 is 34.7 Å². The molecule has 0 aliphatic carbocycles. The Morgan fingerprint density at radius 1 is 0.750 bits per heavy atom. The van der Waals surface area contributed by atoms with Crippen molar-refractivity contribution in [2.75, 3.05) is 78.4 Å². The maximum atomic E-state index is 5.66. The van der Waals surface area contributed by atoms with Gasteiger partial charge in [-0.3, -0.25) is 0 Å². The number of nitrogens with one attached hydrogen (secondary N) is 1. The summed E-state index contributed by atoms with van der Waals surface area (Å²) in [5.74, 6) is 0.826. The lowest BCUT2D eigenvalue weighted by Crippen LogP contribution is -2.15. The summed E-state index contributed by atoms with van der Waals surface area (Å²) >= 11 is 0. The number of hydrogen-bond donors (Lipinski definition) is 2. The smallest absolute Gasteiger partial charge is 0.142 e. The number of para-hydroxylation sites is 2. The lowest BCUT2D eigenvalue weighted by Gasteiger charge is -2.11. The van der Waals surface area contributed by atoms with Crippen molar-refractivity contribution in [2.24, 2.45) is 5.73 Å². The van der Waals surface area contributed by atoms with Crippen molar-refractivity contribution in [3.63, 3.8) is 0 Å². The summed E-state index contributed by atoms with van der Waals surface area (Å²) in [4.78, 5) is 0. The van der Waals surface area contributed by atoms with Crippen molar-refractivity contribution >= 4 is 5.69 Å². The maximum absolute atomic E-state index is 5.66. The van der Waals surface area contributed by atoms with Crippen LogP contribution < -0.4 is 15.8 Å². The lowest BCUT2D eigenvalue weighted by atomic mass is 10.3. The van der Waals surface area contributed by atoms with Gasteiger partial charge >= 0.3 is 0 Å². The summed E-state index contributed by atoms with van der Waals surface area (Å²) in [6, 6.07) is 7.80. The summed E-state index contributed by atoms with van der Waals surface area (Å²) < 4.78 is 27.0. The third-order valence-electron chi connectivity index (χ3n) is 3.02. The van der Waals surface area contributed by atoms with Gasteiger partial charge in [0.25, 0.3) is 0 Å². The van der Waals surface area contributed by atoms with Crippen LogP contribution in [-0.4, -0.2) is 73.1 Å². The predicted molar refractivity (Wildman–Crippen MR) is 93.8 cm³/mol. The molecular formula is C17H30N2O5. The number of rotatable bonds is 16. The first kappa shape index (κ1) is 20.7. The van der Waals surface area contributed by atoms with E-state index in [4.69, 9.17) is 29.4 Å². The zero-order valence-electron chi connectivity index (χ0n) is 14.5. The van der Waals surface area contributed by atoms with Crippen LogP contribution in [0.5, 0.6) is 5.75 Å². The number of hydrogen-bond acceptors (Lipinski definition) is 7. The van der Waals surface area contributed by atoms with Gasteiger partial charge in [0.1, 0.15) is 12.4 Å². The lowest BCUT2D eigenvalue weighted by molar-refractivity contribution is -0.00384. The Bertz CT molecular complexity index is 406. The molecule has 0 saturated heterocycles. The largest absolute Gasteiger partial charge is 0.489 e. The molecule has 0 aliphatic rings. The molecule has 7 heteroatoms. The van der Waals surface area contributed by atoms with Crippen LogP contribution in [0.1, 0.15) is 0 Å². The Morgan fingerprint density at radius 2 is 1.25 bits per heavy atom. The minimum atomic E-state index is 0.505. The molecule has 1 aromatic rings. The minimum Gasteiger partial charge on any atom is -0.489 e. The third kappa shape index (κ3) is 10.4. The van der Waals surface area contributed by atoms with Gasteiger partial charge in [-0.25, -0.2) is 0 Å². The third-order valence-corrected chi connectivity index (χ3v) is 3.02. The summed E-state index contributed by atoms with van der Waals surface area (Å²) in [5, 5.41) is 3.08. The normalized spacial score (nSPS) is 10.8. The maximum Gasteiger partial charge on any atom is 0.142 e. The molecule has 0 aromatic heterocycles. The molecule has 0 spiro atoms. The molecule has 24 heavy (non-hydrogen) atoms. The molecule has 0 radical (unpaired) electrons. The highest BCUT2D eigenvalue weighted by atomic mass is 16.6. The van der Waals surface area contributed by atoms with E-state index < -0.39 is 0 Å². The quantitative estimate of drug-likeness (QED) is 0.436. The van der Waals surface area contributed by atoms with Crippen LogP contribution in [0.15, 0.2) is 24.3 Å². The Hall–Kier alpha value is -1.38. The van der Waals surface area contributed by atoms with Gasteiger partial charge in [-0.05, 0) is 12.1 Å². The van der Waals surface area contributed by atoms with Crippen LogP contribution in [0.2, 0.25) is 0 Å². The van der Waals surface area contributed by atoms with Crippen molar-refractivity contribution in [1.29, 1.82) is 0 Å². The van der Waals surface area contributed by atoms with E-state index in [0.29, 0.717) is 66.0 Å². The minimum absolute atomic E-state index is 0.505. The van der Waals surface area contributed by atoms with Crippen LogP contribution >= 0.6 is 0 Å². The average Bonchev–Trinajstić information content (AvgIpc) is 2.62. The van der Waals surface area contributed by atoms with Gasteiger partial charge in [-0.1, -0.05) is 12.1 Å². The molecule has 0 bridgehead atoms. The van der Waals surface area contributed by atoms with E-state index in [-0.39, 0.29) is 0 Å². The highest BCUT2D eigenvalue weighted by Crippen LogP contribution is 2.22. The highest BCUT2D eigenvalue weighted by molar-refractivity contribution is 5.55. The van der Waals surface area contributed by atoms with Gasteiger partial charge in [0.2, 0.25) is 0 Å². The standard InChI is InChI=1S/C17H30N2O5/c1-19-16-4-2-3-5-17(16)24-15-14-23-13-12-22-11-10-21-9-8-20-7-6-18/h2-5,19H,6-15,18H2,1H3. The average molecular weight is 342 g/mol. The number of nitrogens with two attached hydrogens (primary N) is 1. The molecule has 0 atom stereocenters. The van der Waals surface area contributed by atoms with E-state index >= 15 is 0 Å². The molecular weight excluding hydrogens is 312 g/mol. The Morgan fingerprint density at radius 3 is 1.79 bits per heavy atom. The first-order chi connectivity index (χ1) is 11.9. The number of anilines is 1. The van der Waals surface area contributed by atoms with E-state index in [9.17, 15) is 0 Å². The summed E-state index contributed by atoms with van der Waals surface area (Å²) in [5.41, 5.74) is 6.27. The molecule has 0 aliphatic heterocycles. The Labute approximate surface area is 144 Å². The second kappa shape index (κ2) is 15.2. The predicted octanol–water partition coefficient (Wildman–Crippen LogP) is 1.13. The van der Waals surface area contributed by atoms with Crippen LogP contribution in [0, 0.1) is 0 Å². The van der Waals surface area contributed by atoms with Gasteiger partial charge in [-0.15, -0.1) is 0 Å². The van der Waals surface area contributed by atoms with Crippen LogP contribution in [-0.2, 0) is 18.9 Å². The fourth-order valence-electron chi connectivity index (χ4n) is 1.85. The summed E-state index contributed by atoms with van der Waals surface area (Å²) in [6.45, 7) is 5.44. The van der Waals surface area contributed by atoms with E-state index in [1.807, 2.05) is 31.3 Å². The number of ether oxygens (including phenoxy) is 5. The molecule has 0 fully saturated rings. The summed E-state index contributed by atoms with van der Waals surface area (Å²) in [6.07, 6.45) is 0. The van der Waals surface area contributed by atoms with Crippen LogP contribution in [0.25, 0.3) is 0 Å². The van der Waals surface area contributed by atoms with Crippen LogP contribution in [0.4, 0.5) is 5.69 Å². The Balaban J connectivity index is 1.84. The monoisotopic (exact) mass is 342 g/mol. The van der Waals surface area contributed by atoms with Gasteiger partial charge in [0.05, 0.1) is 58.5 Å². The van der Waals surface area contributed by atoms with E-state index in [0.717, 1.165) is 11.4 Å². The first-order valence-corrected chi connectivity index (χ1v) is 8.29. The van der Waals surface area contributed by atoms with Crippen molar-refractivity contribution in [2.45, 2.75) is 0 Å². The van der Waals surface area contributed by atoms with E-state index in [1.54, 1.807) is 0 Å². The first-order valence-electron chi connectivity index (χ1n) is 8.29. The van der Waals surface area contributed by atoms with Crippen molar-refractivity contribution < 1.29 is 23.7 Å². The second-order valence-corrected chi connectivity index (χ2v) is 4.83. The second-order valence-electron chi connectivity index (χ2n) is 4.83. The molecule has 138 valence electrons. The van der Waals surface area contributed by atoms with E-state index in [1.165, 1.54) is 0 Å². The van der Waals surface area contributed by atoms with Crippen LogP contribution in [0.3, 0.4) is 0 Å². The molecule has 3 N–H and O–H groups in total. The molecule has 1 aromatic carbocycles. The topological polar surface area (TPSA) is 84.2 Å². The highest BCUT2D eigenvalue weighted by Gasteiger charge is 2.00.